The lowest BCUT2D eigenvalue weighted by Gasteiger charge is -2.35. The van der Waals surface area contributed by atoms with Gasteiger partial charge in [-0.3, -0.25) is 9.36 Å². The Balaban J connectivity index is 1.80. The maximum absolute atomic E-state index is 12.0. The smallest absolute Gasteiger partial charge is 0.230 e. The van der Waals surface area contributed by atoms with E-state index in [0.29, 0.717) is 24.1 Å². The summed E-state index contributed by atoms with van der Waals surface area (Å²) in [6, 6.07) is 3.96. The number of piperidine rings is 1. The zero-order valence-corrected chi connectivity index (χ0v) is 17.3. The summed E-state index contributed by atoms with van der Waals surface area (Å²) < 4.78 is 7.61. The molecule has 0 aromatic carbocycles. The predicted octanol–water partition coefficient (Wildman–Crippen LogP) is 3.02. The number of nitrogens with one attached hydrogen (secondary N) is 1. The number of carbonyl (C=O) groups is 1. The Bertz CT molecular complexity index is 733. The number of nitrogens with zero attached hydrogens (tertiary/aromatic N) is 4. The summed E-state index contributed by atoms with van der Waals surface area (Å²) in [4.78, 5) is 14.3. The van der Waals surface area contributed by atoms with E-state index in [2.05, 4.69) is 38.8 Å². The van der Waals surface area contributed by atoms with Crippen molar-refractivity contribution in [3.8, 4) is 0 Å². The highest BCUT2D eigenvalue weighted by molar-refractivity contribution is 7.99. The Kier molecular flexibility index (Phi) is 6.46. The van der Waals surface area contributed by atoms with Crippen molar-refractivity contribution in [2.24, 2.45) is 11.8 Å². The van der Waals surface area contributed by atoms with Crippen LogP contribution in [0.25, 0.3) is 0 Å². The van der Waals surface area contributed by atoms with Gasteiger partial charge in [0.2, 0.25) is 11.9 Å². The molecule has 148 valence electrons. The van der Waals surface area contributed by atoms with Crippen molar-refractivity contribution in [1.29, 1.82) is 0 Å². The minimum Gasteiger partial charge on any atom is -0.467 e. The first-order chi connectivity index (χ1) is 12.9. The van der Waals surface area contributed by atoms with Crippen molar-refractivity contribution < 1.29 is 9.21 Å². The van der Waals surface area contributed by atoms with Crippen molar-refractivity contribution in [3.63, 3.8) is 0 Å². The molecule has 1 fully saturated rings. The summed E-state index contributed by atoms with van der Waals surface area (Å²) in [5.41, 5.74) is 0. The molecule has 2 aromatic heterocycles. The van der Waals surface area contributed by atoms with Gasteiger partial charge >= 0.3 is 0 Å². The van der Waals surface area contributed by atoms with Crippen molar-refractivity contribution in [2.75, 3.05) is 23.7 Å². The van der Waals surface area contributed by atoms with Gasteiger partial charge in [0.1, 0.15) is 5.76 Å². The van der Waals surface area contributed by atoms with E-state index in [9.17, 15) is 4.79 Å². The maximum Gasteiger partial charge on any atom is 0.230 e. The summed E-state index contributed by atoms with van der Waals surface area (Å²) >= 11 is 1.41. The summed E-state index contributed by atoms with van der Waals surface area (Å²) in [5.74, 6) is 3.27. The number of hydrogen-bond donors (Lipinski definition) is 1. The van der Waals surface area contributed by atoms with Gasteiger partial charge in [-0.15, -0.1) is 10.2 Å². The van der Waals surface area contributed by atoms with Crippen molar-refractivity contribution >= 4 is 23.6 Å². The molecule has 0 radical (unpaired) electrons. The SMILES string of the molecule is CC1CC(C)CN(c2nnc(SCC(=O)NC(C)C)n2Cc2ccco2)C1. The Labute approximate surface area is 164 Å². The molecule has 8 heteroatoms. The molecule has 2 aromatic rings. The van der Waals surface area contributed by atoms with E-state index in [0.717, 1.165) is 30.0 Å². The molecule has 0 aliphatic carbocycles. The average molecular weight is 392 g/mol. The number of furan rings is 1. The molecule has 2 unspecified atom stereocenters. The fourth-order valence-electron chi connectivity index (χ4n) is 3.64. The molecule has 2 atom stereocenters. The molecule has 1 aliphatic rings. The highest BCUT2D eigenvalue weighted by atomic mass is 32.2. The number of thioether (sulfide) groups is 1. The van der Waals surface area contributed by atoms with Crippen LogP contribution in [0.5, 0.6) is 0 Å². The van der Waals surface area contributed by atoms with Gasteiger partial charge < -0.3 is 14.6 Å². The fraction of sp³-hybridized carbons (Fsp3) is 0.632. The van der Waals surface area contributed by atoms with Crippen LogP contribution in [0.1, 0.15) is 39.9 Å². The van der Waals surface area contributed by atoms with Gasteiger partial charge in [0.25, 0.3) is 0 Å². The van der Waals surface area contributed by atoms with Crippen molar-refractivity contribution in [3.05, 3.63) is 24.2 Å². The molecule has 0 spiro atoms. The topological polar surface area (TPSA) is 76.2 Å². The molecule has 27 heavy (non-hydrogen) atoms. The number of amides is 1. The van der Waals surface area contributed by atoms with Gasteiger partial charge in [-0.2, -0.15) is 0 Å². The summed E-state index contributed by atoms with van der Waals surface area (Å²) in [7, 11) is 0. The zero-order valence-electron chi connectivity index (χ0n) is 16.5. The molecular formula is C19H29N5O2S. The molecule has 0 bridgehead atoms. The largest absolute Gasteiger partial charge is 0.467 e. The van der Waals surface area contributed by atoms with Gasteiger partial charge in [-0.25, -0.2) is 0 Å². The lowest BCUT2D eigenvalue weighted by Crippen LogP contribution is -2.40. The first-order valence-corrected chi connectivity index (χ1v) is 10.5. The molecule has 1 saturated heterocycles. The Morgan fingerprint density at radius 3 is 2.70 bits per heavy atom. The minimum absolute atomic E-state index is 0.00400. The van der Waals surface area contributed by atoms with Crippen LogP contribution in [0.4, 0.5) is 5.95 Å². The minimum atomic E-state index is 0.00400. The van der Waals surface area contributed by atoms with Gasteiger partial charge in [0.05, 0.1) is 18.6 Å². The zero-order chi connectivity index (χ0) is 19.4. The number of aromatic nitrogens is 3. The van der Waals surface area contributed by atoms with Crippen LogP contribution in [-0.2, 0) is 11.3 Å². The van der Waals surface area contributed by atoms with E-state index in [1.807, 2.05) is 26.0 Å². The standard InChI is InChI=1S/C19H29N5O2S/c1-13(2)20-17(25)12-27-19-22-21-18(23-9-14(3)8-15(4)10-23)24(19)11-16-6-5-7-26-16/h5-7,13-15H,8-12H2,1-4H3,(H,20,25). The fourth-order valence-corrected chi connectivity index (χ4v) is 4.38. The first kappa shape index (κ1) is 19.8. The quantitative estimate of drug-likeness (QED) is 0.731. The Morgan fingerprint density at radius 1 is 1.33 bits per heavy atom. The van der Waals surface area contributed by atoms with E-state index in [1.165, 1.54) is 18.2 Å². The summed E-state index contributed by atoms with van der Waals surface area (Å²) in [6.07, 6.45) is 2.91. The van der Waals surface area contributed by atoms with Crippen LogP contribution in [0.3, 0.4) is 0 Å². The lowest BCUT2D eigenvalue weighted by atomic mass is 9.92. The highest BCUT2D eigenvalue weighted by Crippen LogP contribution is 2.28. The second-order valence-corrected chi connectivity index (χ2v) is 8.75. The predicted molar refractivity (Wildman–Crippen MR) is 107 cm³/mol. The van der Waals surface area contributed by atoms with Crippen molar-refractivity contribution in [1.82, 2.24) is 20.1 Å². The van der Waals surface area contributed by atoms with Crippen LogP contribution in [0.15, 0.2) is 28.0 Å². The third-order valence-electron chi connectivity index (χ3n) is 4.53. The number of hydrogen-bond acceptors (Lipinski definition) is 6. The number of carbonyl (C=O) groups excluding carboxylic acids is 1. The van der Waals surface area contributed by atoms with Gasteiger partial charge in [-0.05, 0) is 44.2 Å². The maximum atomic E-state index is 12.0. The molecule has 1 amide bonds. The number of anilines is 1. The third kappa shape index (κ3) is 5.28. The van der Waals surface area contributed by atoms with E-state index >= 15 is 0 Å². The third-order valence-corrected chi connectivity index (χ3v) is 5.49. The molecule has 3 heterocycles. The van der Waals surface area contributed by atoms with Crippen LogP contribution < -0.4 is 10.2 Å². The summed E-state index contributed by atoms with van der Waals surface area (Å²) in [5, 5.41) is 12.5. The average Bonchev–Trinajstić information content (AvgIpc) is 3.22. The van der Waals surface area contributed by atoms with E-state index in [-0.39, 0.29) is 11.9 Å². The highest BCUT2D eigenvalue weighted by Gasteiger charge is 2.27. The van der Waals surface area contributed by atoms with Gasteiger partial charge in [0, 0.05) is 19.1 Å². The molecule has 3 rings (SSSR count). The Morgan fingerprint density at radius 2 is 2.07 bits per heavy atom. The molecule has 1 aliphatic heterocycles. The second kappa shape index (κ2) is 8.82. The van der Waals surface area contributed by atoms with E-state index < -0.39 is 0 Å². The molecule has 7 nitrogen and oxygen atoms in total. The molecule has 0 saturated carbocycles. The van der Waals surface area contributed by atoms with Crippen LogP contribution >= 0.6 is 11.8 Å². The van der Waals surface area contributed by atoms with Crippen LogP contribution in [0, 0.1) is 11.8 Å². The lowest BCUT2D eigenvalue weighted by molar-refractivity contribution is -0.119. The molecular weight excluding hydrogens is 362 g/mol. The monoisotopic (exact) mass is 391 g/mol. The van der Waals surface area contributed by atoms with Gasteiger partial charge in [0.15, 0.2) is 5.16 Å². The van der Waals surface area contributed by atoms with E-state index in [4.69, 9.17) is 4.42 Å². The summed E-state index contributed by atoms with van der Waals surface area (Å²) in [6.45, 7) is 11.0. The van der Waals surface area contributed by atoms with E-state index in [1.54, 1.807) is 6.26 Å². The van der Waals surface area contributed by atoms with Crippen LogP contribution in [0.2, 0.25) is 0 Å². The normalized spacial score (nSPS) is 20.3. The molecule has 1 N–H and O–H groups in total. The van der Waals surface area contributed by atoms with Gasteiger partial charge in [-0.1, -0.05) is 25.6 Å². The first-order valence-electron chi connectivity index (χ1n) is 9.55. The number of rotatable bonds is 7. The second-order valence-electron chi connectivity index (χ2n) is 7.81. The van der Waals surface area contributed by atoms with Crippen molar-refractivity contribution in [2.45, 2.75) is 51.9 Å². The Hall–Kier alpha value is -1.96. The van der Waals surface area contributed by atoms with Crippen LogP contribution in [-0.4, -0.2) is 45.6 Å².